The molecule has 134 valence electrons. The Morgan fingerprint density at radius 2 is 1.85 bits per heavy atom. The zero-order valence-electron chi connectivity index (χ0n) is 13.7. The van der Waals surface area contributed by atoms with E-state index in [1.165, 1.54) is 30.3 Å². The summed E-state index contributed by atoms with van der Waals surface area (Å²) < 4.78 is 18.6. The number of anilines is 1. The quantitative estimate of drug-likeness (QED) is 0.435. The summed E-state index contributed by atoms with van der Waals surface area (Å²) in [6, 6.07) is 15.5. The van der Waals surface area contributed by atoms with E-state index in [0.29, 0.717) is 27.8 Å². The van der Waals surface area contributed by atoms with Crippen molar-refractivity contribution in [3.63, 3.8) is 0 Å². The van der Waals surface area contributed by atoms with Gasteiger partial charge in [-0.25, -0.2) is 4.39 Å². The summed E-state index contributed by atoms with van der Waals surface area (Å²) in [5.74, 6) is -0.195. The molecule has 1 heterocycles. The fourth-order valence-electron chi connectivity index (χ4n) is 2.27. The molecule has 0 saturated carbocycles. The van der Waals surface area contributed by atoms with Crippen molar-refractivity contribution in [2.75, 3.05) is 5.32 Å². The zero-order valence-corrected chi connectivity index (χ0v) is 15.2. The Bertz CT molecular complexity index is 1070. The molecule has 0 aliphatic carbocycles. The molecular weight excluding hydrogens is 390 g/mol. The molecule has 0 unspecified atom stereocenters. The van der Waals surface area contributed by atoms with Gasteiger partial charge >= 0.3 is 0 Å². The van der Waals surface area contributed by atoms with Crippen LogP contribution in [-0.4, -0.2) is 5.91 Å². The number of amides is 1. The predicted octanol–water partition coefficient (Wildman–Crippen LogP) is 5.94. The van der Waals surface area contributed by atoms with Gasteiger partial charge in [0, 0.05) is 16.7 Å². The zero-order chi connectivity index (χ0) is 19.4. The minimum absolute atomic E-state index is 0.166. The average Bonchev–Trinajstić information content (AvgIpc) is 3.11. The summed E-state index contributed by atoms with van der Waals surface area (Å²) in [7, 11) is 0. The van der Waals surface area contributed by atoms with Crippen LogP contribution in [0.25, 0.3) is 17.4 Å². The number of nitrogens with one attached hydrogen (secondary N) is 1. The van der Waals surface area contributed by atoms with Gasteiger partial charge in [0.1, 0.15) is 29.0 Å². The highest BCUT2D eigenvalue weighted by Gasteiger charge is 2.13. The number of benzene rings is 2. The monoisotopic (exact) mass is 400 g/mol. The van der Waals surface area contributed by atoms with Gasteiger partial charge in [0.2, 0.25) is 0 Å². The lowest BCUT2D eigenvalue weighted by atomic mass is 10.2. The number of hydrogen-bond acceptors (Lipinski definition) is 3. The van der Waals surface area contributed by atoms with E-state index in [4.69, 9.17) is 27.6 Å². The molecule has 27 heavy (non-hydrogen) atoms. The first-order valence-corrected chi connectivity index (χ1v) is 8.46. The van der Waals surface area contributed by atoms with Crippen molar-refractivity contribution in [3.8, 4) is 17.4 Å². The smallest absolute Gasteiger partial charge is 0.266 e. The number of halogens is 3. The van der Waals surface area contributed by atoms with Crippen LogP contribution in [-0.2, 0) is 4.79 Å². The third-order valence-electron chi connectivity index (χ3n) is 3.59. The standard InChI is InChI=1S/C20H11Cl2FN2O2/c21-14-3-7-18(17(22)10-14)25-20(26)13(11-24)9-16-6-8-19(27-16)12-1-4-15(23)5-2-12/h1-10H,(H,25,26)/b13-9+. The Morgan fingerprint density at radius 3 is 2.52 bits per heavy atom. The summed E-state index contributed by atoms with van der Waals surface area (Å²) in [4.78, 5) is 12.3. The lowest BCUT2D eigenvalue weighted by Gasteiger charge is -2.06. The van der Waals surface area contributed by atoms with Crippen LogP contribution in [0.1, 0.15) is 5.76 Å². The van der Waals surface area contributed by atoms with Crippen molar-refractivity contribution in [1.29, 1.82) is 5.26 Å². The fraction of sp³-hybridized carbons (Fsp3) is 0. The number of nitriles is 1. The van der Waals surface area contributed by atoms with Crippen molar-refractivity contribution in [3.05, 3.63) is 81.8 Å². The maximum Gasteiger partial charge on any atom is 0.266 e. The number of rotatable bonds is 4. The summed E-state index contributed by atoms with van der Waals surface area (Å²) in [5, 5.41) is 12.5. The maximum atomic E-state index is 13.0. The molecule has 0 radical (unpaired) electrons. The van der Waals surface area contributed by atoms with Crippen molar-refractivity contribution in [2.45, 2.75) is 0 Å². The highest BCUT2D eigenvalue weighted by molar-refractivity contribution is 6.36. The summed E-state index contributed by atoms with van der Waals surface area (Å²) >= 11 is 11.8. The van der Waals surface area contributed by atoms with Crippen LogP contribution in [0.5, 0.6) is 0 Å². The Kier molecular flexibility index (Phi) is 5.60. The molecule has 0 bridgehead atoms. The topological polar surface area (TPSA) is 66.0 Å². The van der Waals surface area contributed by atoms with E-state index in [0.717, 1.165) is 0 Å². The van der Waals surface area contributed by atoms with E-state index in [-0.39, 0.29) is 16.4 Å². The van der Waals surface area contributed by atoms with Gasteiger partial charge < -0.3 is 9.73 Å². The molecular formula is C20H11Cl2FN2O2. The van der Waals surface area contributed by atoms with Crippen LogP contribution >= 0.6 is 23.2 Å². The summed E-state index contributed by atoms with van der Waals surface area (Å²) in [6.07, 6.45) is 1.31. The van der Waals surface area contributed by atoms with Gasteiger partial charge in [-0.3, -0.25) is 4.79 Å². The molecule has 0 spiro atoms. The van der Waals surface area contributed by atoms with E-state index in [1.807, 2.05) is 6.07 Å². The van der Waals surface area contributed by atoms with Gasteiger partial charge in [0.05, 0.1) is 10.7 Å². The Morgan fingerprint density at radius 1 is 1.11 bits per heavy atom. The van der Waals surface area contributed by atoms with Crippen molar-refractivity contribution < 1.29 is 13.6 Å². The minimum Gasteiger partial charge on any atom is -0.457 e. The first-order chi connectivity index (χ1) is 13.0. The average molecular weight is 401 g/mol. The molecule has 0 aliphatic rings. The number of carbonyl (C=O) groups excluding carboxylic acids is 1. The van der Waals surface area contributed by atoms with Crippen LogP contribution in [0, 0.1) is 17.1 Å². The first kappa shape index (κ1) is 18.7. The Labute approximate surface area is 164 Å². The predicted molar refractivity (Wildman–Crippen MR) is 103 cm³/mol. The molecule has 0 atom stereocenters. The van der Waals surface area contributed by atoms with Crippen molar-refractivity contribution >= 4 is 40.9 Å². The van der Waals surface area contributed by atoms with Gasteiger partial charge in [-0.1, -0.05) is 23.2 Å². The van der Waals surface area contributed by atoms with Crippen LogP contribution in [0.2, 0.25) is 10.0 Å². The number of hydrogen-bond donors (Lipinski definition) is 1. The van der Waals surface area contributed by atoms with Gasteiger partial charge in [-0.15, -0.1) is 0 Å². The van der Waals surface area contributed by atoms with Crippen LogP contribution < -0.4 is 5.32 Å². The molecule has 0 saturated heterocycles. The Balaban J connectivity index is 1.81. The third kappa shape index (κ3) is 4.56. The van der Waals surface area contributed by atoms with Crippen molar-refractivity contribution in [1.82, 2.24) is 0 Å². The normalized spacial score (nSPS) is 11.1. The highest BCUT2D eigenvalue weighted by atomic mass is 35.5. The third-order valence-corrected chi connectivity index (χ3v) is 4.13. The first-order valence-electron chi connectivity index (χ1n) is 7.70. The van der Waals surface area contributed by atoms with Gasteiger partial charge in [-0.2, -0.15) is 5.26 Å². The van der Waals surface area contributed by atoms with Gasteiger partial charge in [0.15, 0.2) is 0 Å². The number of carbonyl (C=O) groups is 1. The van der Waals surface area contributed by atoms with E-state index >= 15 is 0 Å². The molecule has 2 aromatic carbocycles. The second kappa shape index (κ2) is 8.09. The highest BCUT2D eigenvalue weighted by Crippen LogP contribution is 2.27. The lowest BCUT2D eigenvalue weighted by Crippen LogP contribution is -2.13. The van der Waals surface area contributed by atoms with Crippen LogP contribution in [0.15, 0.2) is 64.6 Å². The van der Waals surface area contributed by atoms with E-state index in [2.05, 4.69) is 5.32 Å². The van der Waals surface area contributed by atoms with E-state index < -0.39 is 5.91 Å². The second-order valence-corrected chi connectivity index (χ2v) is 6.30. The Hall–Kier alpha value is -3.07. The summed E-state index contributed by atoms with van der Waals surface area (Å²) in [5.41, 5.74) is 0.839. The molecule has 0 fully saturated rings. The number of nitrogens with zero attached hydrogens (tertiary/aromatic N) is 1. The van der Waals surface area contributed by atoms with Crippen molar-refractivity contribution in [2.24, 2.45) is 0 Å². The van der Waals surface area contributed by atoms with Crippen LogP contribution in [0.4, 0.5) is 10.1 Å². The largest absolute Gasteiger partial charge is 0.457 e. The second-order valence-electron chi connectivity index (χ2n) is 5.46. The molecule has 1 amide bonds. The summed E-state index contributed by atoms with van der Waals surface area (Å²) in [6.45, 7) is 0. The number of furan rings is 1. The van der Waals surface area contributed by atoms with E-state index in [1.54, 1.807) is 30.3 Å². The molecule has 1 N–H and O–H groups in total. The molecule has 1 aromatic heterocycles. The SMILES string of the molecule is N#C/C(=C\c1ccc(-c2ccc(F)cc2)o1)C(=O)Nc1ccc(Cl)cc1Cl. The molecule has 0 aliphatic heterocycles. The van der Waals surface area contributed by atoms with Gasteiger partial charge in [0.25, 0.3) is 5.91 Å². The van der Waals surface area contributed by atoms with Gasteiger partial charge in [-0.05, 0) is 54.6 Å². The fourth-order valence-corrected chi connectivity index (χ4v) is 2.73. The lowest BCUT2D eigenvalue weighted by molar-refractivity contribution is -0.112. The molecule has 3 aromatic rings. The minimum atomic E-state index is -0.638. The van der Waals surface area contributed by atoms with E-state index in [9.17, 15) is 14.4 Å². The molecule has 4 nitrogen and oxygen atoms in total. The molecule has 7 heteroatoms. The molecule has 3 rings (SSSR count). The maximum absolute atomic E-state index is 13.0. The van der Waals surface area contributed by atoms with Crippen LogP contribution in [0.3, 0.4) is 0 Å².